The number of rotatable bonds is 2. The first-order valence-electron chi connectivity index (χ1n) is 10.5. The zero-order chi connectivity index (χ0) is 24.4. The van der Waals surface area contributed by atoms with Crippen LogP contribution in [0.3, 0.4) is 0 Å². The lowest BCUT2D eigenvalue weighted by atomic mass is 10.0. The molecular weight excluding hydrogens is 481 g/mol. The smallest absolute Gasteiger partial charge is 0.225 e. The van der Waals surface area contributed by atoms with Crippen LogP contribution in [-0.2, 0) is 0 Å². The molecule has 0 aliphatic carbocycles. The molecule has 0 N–H and O–H groups in total. The van der Waals surface area contributed by atoms with E-state index in [9.17, 15) is 4.39 Å². The number of nitriles is 1. The van der Waals surface area contributed by atoms with E-state index in [1.54, 1.807) is 36.5 Å². The molecule has 0 unspecified atom stereocenters. The molecule has 0 atom stereocenters. The third kappa shape index (κ3) is 4.47. The minimum Gasteiger partial charge on any atom is -0.353 e. The van der Waals surface area contributed by atoms with E-state index in [-0.39, 0.29) is 21.5 Å². The van der Waals surface area contributed by atoms with Crippen LogP contribution in [0.15, 0.2) is 36.5 Å². The van der Waals surface area contributed by atoms with Crippen LogP contribution in [0.4, 0.5) is 14.6 Å². The van der Waals surface area contributed by atoms with Crippen molar-refractivity contribution in [1.29, 1.82) is 5.26 Å². The fraction of sp³-hybridized carbons (Fsp3) is 0.250. The van der Waals surface area contributed by atoms with Crippen molar-refractivity contribution in [3.63, 3.8) is 0 Å². The number of nitrogens with zero attached hydrogens (tertiary/aromatic N) is 6. The SMILES string of the molecule is CC#N.CN1CCN(c2nc(Cl)nc3c(F)c(-c4cccc5ccc(F)c(Cl)c45)ncc23)CC1. The van der Waals surface area contributed by atoms with Crippen molar-refractivity contribution in [2.45, 2.75) is 6.92 Å². The van der Waals surface area contributed by atoms with Gasteiger partial charge in [-0.15, -0.1) is 0 Å². The number of anilines is 1. The lowest BCUT2D eigenvalue weighted by molar-refractivity contribution is 0.312. The summed E-state index contributed by atoms with van der Waals surface area (Å²) < 4.78 is 29.9. The maximum atomic E-state index is 15.7. The van der Waals surface area contributed by atoms with E-state index < -0.39 is 11.6 Å². The van der Waals surface area contributed by atoms with Crippen LogP contribution in [0.25, 0.3) is 32.9 Å². The molecule has 4 aromatic rings. The first kappa shape index (κ1) is 24.0. The molecular formula is C24H20Cl2F2N6. The molecule has 0 radical (unpaired) electrons. The number of fused-ring (bicyclic) bond motifs is 2. The number of hydrogen-bond donors (Lipinski definition) is 0. The Balaban J connectivity index is 0.000000868. The van der Waals surface area contributed by atoms with Gasteiger partial charge in [-0.3, -0.25) is 4.98 Å². The Morgan fingerprint density at radius 2 is 1.74 bits per heavy atom. The van der Waals surface area contributed by atoms with Crippen molar-refractivity contribution in [3.05, 3.63) is 58.5 Å². The van der Waals surface area contributed by atoms with Crippen LogP contribution in [0.2, 0.25) is 10.3 Å². The summed E-state index contributed by atoms with van der Waals surface area (Å²) in [4.78, 5) is 17.1. The summed E-state index contributed by atoms with van der Waals surface area (Å²) in [5.41, 5.74) is 0.491. The van der Waals surface area contributed by atoms with E-state index in [2.05, 4.69) is 24.8 Å². The van der Waals surface area contributed by atoms with E-state index in [4.69, 9.17) is 28.5 Å². The molecule has 5 rings (SSSR count). The van der Waals surface area contributed by atoms with Crippen molar-refractivity contribution in [3.8, 4) is 17.3 Å². The molecule has 10 heteroatoms. The van der Waals surface area contributed by atoms with Gasteiger partial charge in [0, 0.05) is 50.2 Å². The second kappa shape index (κ2) is 10.0. The van der Waals surface area contributed by atoms with E-state index in [1.807, 2.05) is 7.05 Å². The van der Waals surface area contributed by atoms with Gasteiger partial charge in [0.1, 0.15) is 22.8 Å². The molecule has 1 aliphatic rings. The van der Waals surface area contributed by atoms with Gasteiger partial charge in [0.2, 0.25) is 5.28 Å². The highest BCUT2D eigenvalue weighted by Crippen LogP contribution is 2.38. The number of benzene rings is 2. The van der Waals surface area contributed by atoms with Crippen LogP contribution >= 0.6 is 23.2 Å². The Bertz CT molecular complexity index is 1410. The second-order valence-corrected chi connectivity index (χ2v) is 8.49. The Morgan fingerprint density at radius 1 is 1.03 bits per heavy atom. The normalized spacial score (nSPS) is 14.1. The predicted octanol–water partition coefficient (Wildman–Crippen LogP) is 5.71. The van der Waals surface area contributed by atoms with Crippen molar-refractivity contribution in [2.24, 2.45) is 0 Å². The van der Waals surface area contributed by atoms with Crippen LogP contribution in [0, 0.1) is 23.0 Å². The summed E-state index contributed by atoms with van der Waals surface area (Å²) >= 11 is 12.4. The Hall–Kier alpha value is -3.12. The second-order valence-electron chi connectivity index (χ2n) is 7.78. The first-order chi connectivity index (χ1) is 16.3. The third-order valence-corrected chi connectivity index (χ3v) is 6.17. The molecule has 1 fully saturated rings. The van der Waals surface area contributed by atoms with Gasteiger partial charge in [0.05, 0.1) is 16.5 Å². The molecule has 1 aliphatic heterocycles. The molecule has 0 saturated carbocycles. The monoisotopic (exact) mass is 500 g/mol. The number of likely N-dealkylation sites (N-methyl/N-ethyl adjacent to an activating group) is 1. The molecule has 1 saturated heterocycles. The van der Waals surface area contributed by atoms with Gasteiger partial charge in [-0.2, -0.15) is 10.2 Å². The zero-order valence-electron chi connectivity index (χ0n) is 18.5. The summed E-state index contributed by atoms with van der Waals surface area (Å²) in [6.45, 7) is 4.62. The van der Waals surface area contributed by atoms with Crippen LogP contribution in [0.1, 0.15) is 6.92 Å². The summed E-state index contributed by atoms with van der Waals surface area (Å²) in [5.74, 6) is -0.668. The number of pyridine rings is 1. The lowest BCUT2D eigenvalue weighted by Crippen LogP contribution is -2.45. The average Bonchev–Trinajstić information content (AvgIpc) is 2.82. The Labute approximate surface area is 205 Å². The Kier molecular flexibility index (Phi) is 7.08. The largest absolute Gasteiger partial charge is 0.353 e. The summed E-state index contributed by atoms with van der Waals surface area (Å²) in [7, 11) is 2.05. The molecule has 0 amide bonds. The third-order valence-electron chi connectivity index (χ3n) is 5.63. The van der Waals surface area contributed by atoms with Gasteiger partial charge in [0.25, 0.3) is 0 Å². The predicted molar refractivity (Wildman–Crippen MR) is 131 cm³/mol. The molecule has 2 aromatic carbocycles. The van der Waals surface area contributed by atoms with Gasteiger partial charge >= 0.3 is 0 Å². The van der Waals surface area contributed by atoms with Crippen LogP contribution in [-0.4, -0.2) is 53.1 Å². The number of aromatic nitrogens is 3. The molecule has 6 nitrogen and oxygen atoms in total. The fourth-order valence-corrected chi connectivity index (χ4v) is 4.41. The van der Waals surface area contributed by atoms with Crippen LogP contribution in [0.5, 0.6) is 0 Å². The van der Waals surface area contributed by atoms with Crippen LogP contribution < -0.4 is 4.90 Å². The van der Waals surface area contributed by atoms with E-state index in [0.29, 0.717) is 27.5 Å². The van der Waals surface area contributed by atoms with Crippen molar-refractivity contribution >= 4 is 50.7 Å². The molecule has 34 heavy (non-hydrogen) atoms. The summed E-state index contributed by atoms with van der Waals surface area (Å²) in [6, 6.07) is 9.83. The standard InChI is InChI=1S/C22H17Cl2F2N5.C2H3N/c1-30-7-9-31(10-8-30)21-14-11-27-19(18(26)20(14)28-22(24)29-21)13-4-2-3-12-5-6-15(25)17(23)16(12)13;1-2-3/h2-6,11H,7-10H2,1H3;1H3. The highest BCUT2D eigenvalue weighted by atomic mass is 35.5. The maximum absolute atomic E-state index is 15.7. The highest BCUT2D eigenvalue weighted by Gasteiger charge is 2.23. The maximum Gasteiger partial charge on any atom is 0.225 e. The highest BCUT2D eigenvalue weighted by molar-refractivity contribution is 6.36. The van der Waals surface area contributed by atoms with Gasteiger partial charge in [0.15, 0.2) is 5.82 Å². The topological polar surface area (TPSA) is 68.9 Å². The zero-order valence-corrected chi connectivity index (χ0v) is 20.0. The average molecular weight is 501 g/mol. The molecule has 3 heterocycles. The minimum atomic E-state index is -0.648. The van der Waals surface area contributed by atoms with Crippen molar-refractivity contribution in [1.82, 2.24) is 19.9 Å². The van der Waals surface area contributed by atoms with Crippen molar-refractivity contribution in [2.75, 3.05) is 38.1 Å². The van der Waals surface area contributed by atoms with E-state index in [0.717, 1.165) is 26.2 Å². The number of hydrogen-bond acceptors (Lipinski definition) is 6. The fourth-order valence-electron chi connectivity index (χ4n) is 3.97. The quantitative estimate of drug-likeness (QED) is 0.328. The molecule has 2 aromatic heterocycles. The molecule has 0 spiro atoms. The van der Waals surface area contributed by atoms with Crippen molar-refractivity contribution < 1.29 is 8.78 Å². The number of halogens is 4. The summed E-state index contributed by atoms with van der Waals surface area (Å²) in [6.07, 6.45) is 1.55. The lowest BCUT2D eigenvalue weighted by Gasteiger charge is -2.33. The van der Waals surface area contributed by atoms with Gasteiger partial charge in [-0.25, -0.2) is 13.8 Å². The van der Waals surface area contributed by atoms with Gasteiger partial charge in [-0.1, -0.05) is 35.9 Å². The van der Waals surface area contributed by atoms with E-state index in [1.165, 1.54) is 13.0 Å². The van der Waals surface area contributed by atoms with Gasteiger partial charge < -0.3 is 9.80 Å². The summed E-state index contributed by atoms with van der Waals surface area (Å²) in [5, 5.41) is 8.76. The van der Waals surface area contributed by atoms with E-state index >= 15 is 4.39 Å². The Morgan fingerprint density at radius 3 is 2.44 bits per heavy atom. The molecule has 174 valence electrons. The number of piperazine rings is 1. The minimum absolute atomic E-state index is 0.0321. The molecule has 0 bridgehead atoms. The first-order valence-corrected chi connectivity index (χ1v) is 11.2. The van der Waals surface area contributed by atoms with Gasteiger partial charge in [-0.05, 0) is 30.1 Å².